The van der Waals surface area contributed by atoms with Crippen LogP contribution >= 0.6 is 11.8 Å². The maximum absolute atomic E-state index is 12.8. The van der Waals surface area contributed by atoms with E-state index in [2.05, 4.69) is 0 Å². The molecule has 12 heavy (non-hydrogen) atoms. The highest BCUT2D eigenvalue weighted by atomic mass is 32.2. The van der Waals surface area contributed by atoms with Crippen LogP contribution in [0.5, 0.6) is 0 Å². The molecular formula is C7H4BF3S-. The van der Waals surface area contributed by atoms with Gasteiger partial charge in [0.1, 0.15) is 11.6 Å². The average molecular weight is 188 g/mol. The van der Waals surface area contributed by atoms with Crippen molar-refractivity contribution in [1.29, 1.82) is 0 Å². The smallest absolute Gasteiger partial charge is 0.171 e. The Morgan fingerprint density at radius 3 is 2.33 bits per heavy atom. The first-order chi connectivity index (χ1) is 5.57. The number of rotatable bonds is 1. The topological polar surface area (TPSA) is 0 Å². The first-order valence-electron chi connectivity index (χ1n) is 3.05. The molecule has 0 aliphatic heterocycles. The quantitative estimate of drug-likeness (QED) is 0.366. The molecule has 0 saturated carbocycles. The normalized spacial score (nSPS) is 10.4. The Bertz CT molecular complexity index is 314. The second-order valence-corrected chi connectivity index (χ2v) is 2.93. The van der Waals surface area contributed by atoms with Gasteiger partial charge in [0.05, 0.1) is 4.90 Å². The summed E-state index contributed by atoms with van der Waals surface area (Å²) in [4.78, 5) is -0.346. The van der Waals surface area contributed by atoms with E-state index in [0.29, 0.717) is 0 Å². The third-order valence-corrected chi connectivity index (χ3v) is 2.13. The number of benzene rings is 1. The van der Waals surface area contributed by atoms with Gasteiger partial charge in [-0.1, -0.05) is 6.07 Å². The Morgan fingerprint density at radius 1 is 1.25 bits per heavy atom. The highest BCUT2D eigenvalue weighted by Crippen LogP contribution is 2.23. The minimum absolute atomic E-state index is 0.346. The van der Waals surface area contributed by atoms with Gasteiger partial charge in [-0.15, -0.1) is 11.8 Å². The molecular weight excluding hydrogens is 184 g/mol. The van der Waals surface area contributed by atoms with Gasteiger partial charge in [0.25, 0.3) is 0 Å². The van der Waals surface area contributed by atoms with Crippen molar-refractivity contribution in [3.05, 3.63) is 23.5 Å². The van der Waals surface area contributed by atoms with Crippen LogP contribution in [0, 0.1) is 17.5 Å². The van der Waals surface area contributed by atoms with Crippen molar-refractivity contribution in [2.45, 2.75) is 4.90 Å². The number of hydrogen-bond acceptors (Lipinski definition) is 1. The summed E-state index contributed by atoms with van der Waals surface area (Å²) in [5.74, 6) is -3.25. The average Bonchev–Trinajstić information content (AvgIpc) is 2.01. The van der Waals surface area contributed by atoms with Gasteiger partial charge in [-0.2, -0.15) is 0 Å². The minimum atomic E-state index is -1.22. The van der Waals surface area contributed by atoms with E-state index < -0.39 is 22.9 Å². The maximum atomic E-state index is 12.8. The minimum Gasteiger partial charge on any atom is -0.576 e. The molecule has 63 valence electrons. The predicted molar refractivity (Wildman–Crippen MR) is 43.5 cm³/mol. The molecule has 5 heteroatoms. The fraction of sp³-hybridized carbons (Fsp3) is 0.143. The number of thioether (sulfide) groups is 1. The molecule has 0 spiro atoms. The maximum Gasteiger partial charge on any atom is 0.171 e. The Labute approximate surface area is 73.6 Å². The molecule has 0 aromatic heterocycles. The van der Waals surface area contributed by atoms with Crippen molar-refractivity contribution >= 4 is 25.1 Å². The second kappa shape index (κ2) is 3.43. The van der Waals surface area contributed by atoms with Gasteiger partial charge in [0.15, 0.2) is 5.82 Å². The van der Waals surface area contributed by atoms with Crippen LogP contribution in [0.4, 0.5) is 13.2 Å². The van der Waals surface area contributed by atoms with Crippen LogP contribution in [0.15, 0.2) is 11.0 Å². The van der Waals surface area contributed by atoms with Crippen molar-refractivity contribution in [3.63, 3.8) is 0 Å². The second-order valence-electron chi connectivity index (χ2n) is 2.11. The van der Waals surface area contributed by atoms with Crippen LogP contribution in [-0.2, 0) is 0 Å². The van der Waals surface area contributed by atoms with Gasteiger partial charge < -0.3 is 7.85 Å². The molecule has 0 fully saturated rings. The lowest BCUT2D eigenvalue weighted by Gasteiger charge is -2.12. The molecule has 0 aliphatic carbocycles. The lowest BCUT2D eigenvalue weighted by Crippen LogP contribution is -2.13. The first kappa shape index (κ1) is 9.51. The van der Waals surface area contributed by atoms with Gasteiger partial charge in [0.2, 0.25) is 0 Å². The zero-order chi connectivity index (χ0) is 9.30. The zero-order valence-corrected chi connectivity index (χ0v) is 7.01. The Hall–Kier alpha value is -0.575. The molecule has 0 N–H and O–H groups in total. The standard InChI is InChI=1S/C7H4BF3S/c1-12-7-4(9)2-3(8)5(10)6(7)11/h2H,1H3/q-1. The summed E-state index contributed by atoms with van der Waals surface area (Å²) in [6, 6.07) is 0.768. The molecule has 0 bridgehead atoms. The molecule has 3 radical (unpaired) electrons. The first-order valence-corrected chi connectivity index (χ1v) is 4.27. The zero-order valence-electron chi connectivity index (χ0n) is 6.20. The fourth-order valence-electron chi connectivity index (χ4n) is 0.784. The Morgan fingerprint density at radius 2 is 1.83 bits per heavy atom. The Kier molecular flexibility index (Phi) is 2.72. The van der Waals surface area contributed by atoms with E-state index in [1.54, 1.807) is 0 Å². The molecule has 0 aliphatic rings. The van der Waals surface area contributed by atoms with E-state index in [4.69, 9.17) is 7.85 Å². The summed E-state index contributed by atoms with van der Waals surface area (Å²) < 4.78 is 38.3. The van der Waals surface area contributed by atoms with Crippen molar-refractivity contribution in [2.24, 2.45) is 0 Å². The SMILES string of the molecule is [B-]c1cc(F)c(SC)c(F)c1F. The largest absolute Gasteiger partial charge is 0.576 e. The van der Waals surface area contributed by atoms with Gasteiger partial charge in [-0.25, -0.2) is 13.2 Å². The van der Waals surface area contributed by atoms with E-state index >= 15 is 0 Å². The van der Waals surface area contributed by atoms with E-state index in [-0.39, 0.29) is 4.90 Å². The number of hydrogen-bond donors (Lipinski definition) is 0. The van der Waals surface area contributed by atoms with Gasteiger partial charge >= 0.3 is 0 Å². The highest BCUT2D eigenvalue weighted by molar-refractivity contribution is 7.98. The molecule has 0 nitrogen and oxygen atoms in total. The number of halogens is 3. The molecule has 0 amide bonds. The molecule has 0 heterocycles. The van der Waals surface area contributed by atoms with Gasteiger partial charge in [0, 0.05) is 0 Å². The fourth-order valence-corrected chi connectivity index (χ4v) is 1.31. The van der Waals surface area contributed by atoms with E-state index in [1.165, 1.54) is 6.26 Å². The summed E-state index contributed by atoms with van der Waals surface area (Å²) >= 11 is 0.799. The molecule has 1 aromatic carbocycles. The van der Waals surface area contributed by atoms with E-state index in [0.717, 1.165) is 17.8 Å². The third kappa shape index (κ3) is 1.46. The lowest BCUT2D eigenvalue weighted by molar-refractivity contribution is 0.473. The van der Waals surface area contributed by atoms with Crippen LogP contribution < -0.4 is 5.46 Å². The van der Waals surface area contributed by atoms with Crippen LogP contribution in [0.3, 0.4) is 0 Å². The summed E-state index contributed by atoms with van der Waals surface area (Å²) in [7, 11) is 4.98. The predicted octanol–water partition coefficient (Wildman–Crippen LogP) is 1.62. The summed E-state index contributed by atoms with van der Waals surface area (Å²) in [5.41, 5.74) is -0.511. The summed E-state index contributed by atoms with van der Waals surface area (Å²) in [5, 5.41) is 0. The van der Waals surface area contributed by atoms with Crippen molar-refractivity contribution in [3.8, 4) is 0 Å². The van der Waals surface area contributed by atoms with Gasteiger partial charge in [-0.3, -0.25) is 5.46 Å². The molecule has 1 aromatic rings. The van der Waals surface area contributed by atoms with Crippen molar-refractivity contribution in [1.82, 2.24) is 0 Å². The third-order valence-electron chi connectivity index (χ3n) is 1.35. The van der Waals surface area contributed by atoms with Gasteiger partial charge in [-0.05, 0) is 6.26 Å². The summed E-state index contributed by atoms with van der Waals surface area (Å²) in [6.45, 7) is 0. The van der Waals surface area contributed by atoms with Crippen molar-refractivity contribution < 1.29 is 13.2 Å². The monoisotopic (exact) mass is 188 g/mol. The van der Waals surface area contributed by atoms with Crippen molar-refractivity contribution in [2.75, 3.05) is 6.26 Å². The van der Waals surface area contributed by atoms with E-state index in [1.807, 2.05) is 0 Å². The Balaban J connectivity index is 3.40. The van der Waals surface area contributed by atoms with Crippen LogP contribution in [0.2, 0.25) is 0 Å². The summed E-state index contributed by atoms with van der Waals surface area (Å²) in [6.07, 6.45) is 1.46. The van der Waals surface area contributed by atoms with Crippen LogP contribution in [0.1, 0.15) is 0 Å². The molecule has 0 atom stereocenters. The highest BCUT2D eigenvalue weighted by Gasteiger charge is 2.11. The molecule has 0 unspecified atom stereocenters. The molecule has 0 saturated heterocycles. The lowest BCUT2D eigenvalue weighted by atomic mass is 9.95. The molecule has 1 rings (SSSR count). The van der Waals surface area contributed by atoms with Crippen LogP contribution in [0.25, 0.3) is 0 Å². The van der Waals surface area contributed by atoms with Crippen LogP contribution in [-0.4, -0.2) is 14.1 Å². The van der Waals surface area contributed by atoms with E-state index in [9.17, 15) is 13.2 Å².